The van der Waals surface area contributed by atoms with E-state index in [2.05, 4.69) is 25.7 Å². The molecule has 0 aliphatic heterocycles. The third-order valence-corrected chi connectivity index (χ3v) is 6.40. The van der Waals surface area contributed by atoms with Crippen molar-refractivity contribution in [3.63, 3.8) is 0 Å². The van der Waals surface area contributed by atoms with E-state index in [-0.39, 0.29) is 12.4 Å². The van der Waals surface area contributed by atoms with E-state index in [9.17, 15) is 15.0 Å². The lowest BCUT2D eigenvalue weighted by molar-refractivity contribution is 0.0534. The van der Waals surface area contributed by atoms with E-state index in [1.165, 1.54) is 0 Å². The van der Waals surface area contributed by atoms with Crippen LogP contribution in [0.1, 0.15) is 60.3 Å². The van der Waals surface area contributed by atoms with Crippen molar-refractivity contribution < 1.29 is 24.9 Å². The molecule has 2 aliphatic carbocycles. The minimum Gasteiger partial charge on any atom is -0.489 e. The Labute approximate surface area is 198 Å². The minimum atomic E-state index is -1.24. The van der Waals surface area contributed by atoms with Gasteiger partial charge in [0, 0.05) is 21.6 Å². The monoisotopic (exact) mass is 466 g/mol. The molecule has 0 saturated heterocycles. The summed E-state index contributed by atoms with van der Waals surface area (Å²) in [5.41, 5.74) is 3.78. The molecular weight excluding hydrogens is 440 g/mol. The number of allylic oxidation sites excluding steroid dienone is 2. The van der Waals surface area contributed by atoms with Crippen LogP contribution in [0.25, 0.3) is 5.57 Å². The fourth-order valence-electron chi connectivity index (χ4n) is 4.44. The number of Topliss-reactive ketones (excluding diaryl/α,β-unsaturated/α-hetero) is 1. The van der Waals surface area contributed by atoms with Crippen molar-refractivity contribution in [1.82, 2.24) is 0 Å². The Hall–Kier alpha value is -2.62. The first-order chi connectivity index (χ1) is 15.4. The Balaban J connectivity index is 1.87. The highest BCUT2D eigenvalue weighted by Gasteiger charge is 2.43. The fraction of sp³-hybridized carbons (Fsp3) is 0.370. The number of benzene rings is 2. The highest BCUT2D eigenvalue weighted by atomic mass is 35.5. The molecule has 2 aliphatic rings. The van der Waals surface area contributed by atoms with E-state index in [0.717, 1.165) is 22.3 Å². The summed E-state index contributed by atoms with van der Waals surface area (Å²) in [5.74, 6) is 6.01. The summed E-state index contributed by atoms with van der Waals surface area (Å²) in [4.78, 5) is 13.7. The molecular formula is C27H27ClO5. The number of aliphatic hydroxyl groups excluding tert-OH is 2. The van der Waals surface area contributed by atoms with Crippen LogP contribution in [0.15, 0.2) is 35.9 Å². The molecule has 0 amide bonds. The second-order valence-corrected chi connectivity index (χ2v) is 10.1. The van der Waals surface area contributed by atoms with E-state index < -0.39 is 23.7 Å². The summed E-state index contributed by atoms with van der Waals surface area (Å²) >= 11 is 6.21. The van der Waals surface area contributed by atoms with E-state index in [1.807, 2.05) is 12.1 Å². The lowest BCUT2D eigenvalue weighted by Gasteiger charge is -2.35. The summed E-state index contributed by atoms with van der Waals surface area (Å²) in [5, 5.41) is 29.7. The Kier molecular flexibility index (Phi) is 5.92. The number of aliphatic hydroxyl groups is 3. The molecule has 6 heteroatoms. The standard InChI is InChI=1S/C27H27ClO5/c1-26(2,32)8-7-15-10-20-21(12-23(15)33-14-18(30)13-29)27(3,4)22-11-16-9-17(28)5-6-19(16)24(22)25(20)31/h5-6,9-10,12,18,29-30,32H,11,13-14H2,1-4H3/t18-/m1/s1. The normalized spacial score (nSPS) is 17.0. The van der Waals surface area contributed by atoms with E-state index in [0.29, 0.717) is 33.9 Å². The predicted molar refractivity (Wildman–Crippen MR) is 128 cm³/mol. The van der Waals surface area contributed by atoms with Crippen molar-refractivity contribution in [2.45, 2.75) is 51.2 Å². The fourth-order valence-corrected chi connectivity index (χ4v) is 4.64. The van der Waals surface area contributed by atoms with Crippen molar-refractivity contribution in [1.29, 1.82) is 0 Å². The van der Waals surface area contributed by atoms with Crippen molar-refractivity contribution in [3.8, 4) is 17.6 Å². The first-order valence-corrected chi connectivity index (χ1v) is 11.2. The second-order valence-electron chi connectivity index (χ2n) is 9.64. The lowest BCUT2D eigenvalue weighted by atomic mass is 9.68. The topological polar surface area (TPSA) is 87.0 Å². The van der Waals surface area contributed by atoms with Crippen molar-refractivity contribution >= 4 is 23.0 Å². The SMILES string of the molecule is CC(C)(O)C#Cc1cc2c(cc1OC[C@H](O)CO)C(C)(C)C1=C(C2=O)c2ccc(Cl)cc2C1. The summed E-state index contributed by atoms with van der Waals surface area (Å²) in [6, 6.07) is 9.12. The molecule has 172 valence electrons. The number of ketones is 1. The van der Waals surface area contributed by atoms with Crippen LogP contribution in [-0.2, 0) is 11.8 Å². The molecule has 2 aromatic carbocycles. The molecule has 0 fully saturated rings. The zero-order valence-corrected chi connectivity index (χ0v) is 19.9. The van der Waals surface area contributed by atoms with Gasteiger partial charge in [0.25, 0.3) is 0 Å². The molecule has 3 N–H and O–H groups in total. The average Bonchev–Trinajstić information content (AvgIpc) is 3.13. The van der Waals surface area contributed by atoms with Gasteiger partial charge in [0.15, 0.2) is 5.78 Å². The predicted octanol–water partition coefficient (Wildman–Crippen LogP) is 3.68. The lowest BCUT2D eigenvalue weighted by Crippen LogP contribution is -2.30. The molecule has 0 spiro atoms. The smallest absolute Gasteiger partial charge is 0.193 e. The number of ether oxygens (including phenoxy) is 1. The molecule has 0 saturated carbocycles. The molecule has 0 heterocycles. The number of rotatable bonds is 4. The molecule has 0 aromatic heterocycles. The first kappa shape index (κ1) is 23.5. The summed E-state index contributed by atoms with van der Waals surface area (Å²) < 4.78 is 5.80. The Bertz CT molecular complexity index is 1240. The Morgan fingerprint density at radius 3 is 2.61 bits per heavy atom. The maximum absolute atomic E-state index is 13.7. The number of hydrogen-bond donors (Lipinski definition) is 3. The van der Waals surface area contributed by atoms with Gasteiger partial charge in [-0.3, -0.25) is 4.79 Å². The van der Waals surface area contributed by atoms with E-state index >= 15 is 0 Å². The highest BCUT2D eigenvalue weighted by Crippen LogP contribution is 2.51. The molecule has 5 nitrogen and oxygen atoms in total. The van der Waals surface area contributed by atoms with Crippen LogP contribution in [0, 0.1) is 11.8 Å². The zero-order chi connectivity index (χ0) is 24.1. The Morgan fingerprint density at radius 2 is 1.94 bits per heavy atom. The van der Waals surface area contributed by atoms with Crippen LogP contribution in [0.3, 0.4) is 0 Å². The van der Waals surface area contributed by atoms with Gasteiger partial charge >= 0.3 is 0 Å². The number of carbonyl (C=O) groups excluding carboxylic acids is 1. The summed E-state index contributed by atoms with van der Waals surface area (Å²) in [6.07, 6.45) is -0.405. The van der Waals surface area contributed by atoms with E-state index in [4.69, 9.17) is 21.4 Å². The van der Waals surface area contributed by atoms with Crippen LogP contribution in [0.5, 0.6) is 5.75 Å². The van der Waals surface area contributed by atoms with Gasteiger partial charge in [-0.15, -0.1) is 0 Å². The molecule has 2 aromatic rings. The minimum absolute atomic E-state index is 0.0753. The van der Waals surface area contributed by atoms with Gasteiger partial charge in [-0.25, -0.2) is 0 Å². The molecule has 0 radical (unpaired) electrons. The molecule has 0 bridgehead atoms. The summed E-state index contributed by atoms with van der Waals surface area (Å²) in [7, 11) is 0. The quantitative estimate of drug-likeness (QED) is 0.598. The van der Waals surface area contributed by atoms with Crippen LogP contribution in [0.2, 0.25) is 5.02 Å². The third kappa shape index (κ3) is 4.32. The second kappa shape index (κ2) is 8.30. The van der Waals surface area contributed by atoms with Crippen LogP contribution < -0.4 is 4.74 Å². The number of halogens is 1. The van der Waals surface area contributed by atoms with Gasteiger partial charge in [-0.1, -0.05) is 43.4 Å². The van der Waals surface area contributed by atoms with Crippen LogP contribution >= 0.6 is 11.6 Å². The van der Waals surface area contributed by atoms with Gasteiger partial charge in [0.05, 0.1) is 12.2 Å². The van der Waals surface area contributed by atoms with Gasteiger partial charge in [0.1, 0.15) is 24.1 Å². The van der Waals surface area contributed by atoms with Gasteiger partial charge in [-0.2, -0.15) is 0 Å². The maximum Gasteiger partial charge on any atom is 0.193 e. The molecule has 1 atom stereocenters. The average molecular weight is 467 g/mol. The molecule has 33 heavy (non-hydrogen) atoms. The van der Waals surface area contributed by atoms with Crippen molar-refractivity contribution in [2.75, 3.05) is 13.2 Å². The third-order valence-electron chi connectivity index (χ3n) is 6.17. The molecule has 0 unspecified atom stereocenters. The summed E-state index contributed by atoms with van der Waals surface area (Å²) in [6.45, 7) is 6.74. The van der Waals surface area contributed by atoms with Crippen LogP contribution in [-0.4, -0.2) is 46.0 Å². The van der Waals surface area contributed by atoms with Crippen molar-refractivity contribution in [3.05, 3.63) is 68.7 Å². The number of carbonyl (C=O) groups is 1. The van der Waals surface area contributed by atoms with Crippen molar-refractivity contribution in [2.24, 2.45) is 0 Å². The van der Waals surface area contributed by atoms with E-state index in [1.54, 1.807) is 32.0 Å². The maximum atomic E-state index is 13.7. The van der Waals surface area contributed by atoms with Gasteiger partial charge < -0.3 is 20.1 Å². The number of hydrogen-bond acceptors (Lipinski definition) is 5. The largest absolute Gasteiger partial charge is 0.489 e. The number of fused-ring (bicyclic) bond motifs is 3. The van der Waals surface area contributed by atoms with Gasteiger partial charge in [0.2, 0.25) is 0 Å². The van der Waals surface area contributed by atoms with Crippen LogP contribution in [0.4, 0.5) is 0 Å². The Morgan fingerprint density at radius 1 is 1.21 bits per heavy atom. The first-order valence-electron chi connectivity index (χ1n) is 10.9. The van der Waals surface area contributed by atoms with Gasteiger partial charge in [-0.05, 0) is 66.8 Å². The zero-order valence-electron chi connectivity index (χ0n) is 19.1. The molecule has 4 rings (SSSR count). The highest BCUT2D eigenvalue weighted by molar-refractivity contribution is 6.34.